The molecule has 1 aromatic carbocycles. The lowest BCUT2D eigenvalue weighted by Crippen LogP contribution is -2.32. The topological polar surface area (TPSA) is 122 Å². The van der Waals surface area contributed by atoms with Crippen LogP contribution in [0.3, 0.4) is 0 Å². The van der Waals surface area contributed by atoms with Gasteiger partial charge in [0.05, 0.1) is 23.5 Å². The molecular weight excluding hydrogens is 282 g/mol. The quantitative estimate of drug-likeness (QED) is 0.765. The van der Waals surface area contributed by atoms with Crippen LogP contribution in [0.1, 0.15) is 15.9 Å². The van der Waals surface area contributed by atoms with Crippen molar-refractivity contribution in [3.05, 3.63) is 35.4 Å². The van der Waals surface area contributed by atoms with E-state index in [1.165, 1.54) is 24.3 Å². The minimum atomic E-state index is -3.85. The maximum Gasteiger partial charge on any atom is 0.335 e. The lowest BCUT2D eigenvalue weighted by Gasteiger charge is -2.15. The molecule has 1 N–H and O–H groups in total. The second-order valence-corrected chi connectivity index (χ2v) is 5.81. The normalized spacial score (nSPS) is 10.8. The van der Waals surface area contributed by atoms with Crippen molar-refractivity contribution in [2.75, 3.05) is 13.1 Å². The molecule has 0 bridgehead atoms. The van der Waals surface area contributed by atoms with Crippen LogP contribution >= 0.6 is 0 Å². The van der Waals surface area contributed by atoms with Crippen LogP contribution in [0, 0.1) is 22.7 Å². The van der Waals surface area contributed by atoms with Crippen molar-refractivity contribution >= 4 is 16.0 Å². The molecule has 8 heteroatoms. The fourth-order valence-electron chi connectivity index (χ4n) is 1.51. The van der Waals surface area contributed by atoms with Crippen LogP contribution in [-0.2, 0) is 15.8 Å². The zero-order valence-electron chi connectivity index (χ0n) is 10.4. The summed E-state index contributed by atoms with van der Waals surface area (Å²) in [5.74, 6) is -1.62. The summed E-state index contributed by atoms with van der Waals surface area (Å²) < 4.78 is 24.8. The molecule has 0 amide bonds. The van der Waals surface area contributed by atoms with E-state index in [-0.39, 0.29) is 11.1 Å². The minimum absolute atomic E-state index is 0.0233. The van der Waals surface area contributed by atoms with Crippen LogP contribution in [0.15, 0.2) is 24.3 Å². The Labute approximate surface area is 116 Å². The number of hydrogen-bond donors (Lipinski definition) is 1. The molecule has 0 aromatic heterocycles. The Balaban J connectivity index is 3.01. The van der Waals surface area contributed by atoms with Crippen LogP contribution in [0.5, 0.6) is 0 Å². The van der Waals surface area contributed by atoms with Gasteiger partial charge in [-0.2, -0.15) is 14.8 Å². The Kier molecular flexibility index (Phi) is 5.21. The number of aromatic carboxylic acids is 1. The molecule has 0 aliphatic rings. The summed E-state index contributed by atoms with van der Waals surface area (Å²) in [4.78, 5) is 10.8. The zero-order chi connectivity index (χ0) is 15.2. The SMILES string of the molecule is N#CCN(CC#N)S(=O)(=O)Cc1cccc(C(=O)O)c1. The molecule has 0 atom stereocenters. The van der Waals surface area contributed by atoms with Gasteiger partial charge in [0.1, 0.15) is 13.1 Å². The van der Waals surface area contributed by atoms with E-state index in [1.54, 1.807) is 12.1 Å². The van der Waals surface area contributed by atoms with Crippen molar-refractivity contribution in [2.24, 2.45) is 0 Å². The van der Waals surface area contributed by atoms with Crippen LogP contribution in [-0.4, -0.2) is 36.9 Å². The molecule has 0 spiro atoms. The molecule has 0 aliphatic carbocycles. The fourth-order valence-corrected chi connectivity index (χ4v) is 2.80. The van der Waals surface area contributed by atoms with E-state index in [0.29, 0.717) is 0 Å². The van der Waals surface area contributed by atoms with Gasteiger partial charge in [-0.3, -0.25) is 0 Å². The van der Waals surface area contributed by atoms with Crippen molar-refractivity contribution in [1.82, 2.24) is 4.31 Å². The first-order valence-corrected chi connectivity index (χ1v) is 7.05. The average Bonchev–Trinajstić information content (AvgIpc) is 2.38. The maximum atomic E-state index is 12.0. The van der Waals surface area contributed by atoms with E-state index in [1.807, 2.05) is 0 Å². The van der Waals surface area contributed by atoms with Crippen molar-refractivity contribution in [3.63, 3.8) is 0 Å². The standard InChI is InChI=1S/C12H11N3O4S/c13-4-6-15(7-5-14)20(18,19)9-10-2-1-3-11(8-10)12(16)17/h1-3,8H,6-7,9H2,(H,16,17). The van der Waals surface area contributed by atoms with E-state index < -0.39 is 34.8 Å². The second kappa shape index (κ2) is 6.66. The maximum absolute atomic E-state index is 12.0. The molecular formula is C12H11N3O4S. The first-order chi connectivity index (χ1) is 9.40. The predicted octanol–water partition coefficient (Wildman–Crippen LogP) is 0.564. The number of nitriles is 2. The first kappa shape index (κ1) is 15.6. The van der Waals surface area contributed by atoms with Gasteiger partial charge in [-0.05, 0) is 17.7 Å². The molecule has 0 unspecified atom stereocenters. The highest BCUT2D eigenvalue weighted by Crippen LogP contribution is 2.12. The van der Waals surface area contributed by atoms with Crippen LogP contribution in [0.2, 0.25) is 0 Å². The van der Waals surface area contributed by atoms with Gasteiger partial charge in [0.25, 0.3) is 0 Å². The number of nitrogens with zero attached hydrogens (tertiary/aromatic N) is 3. The Morgan fingerprint density at radius 2 is 1.85 bits per heavy atom. The van der Waals surface area contributed by atoms with Gasteiger partial charge in [0.15, 0.2) is 0 Å². The fraction of sp³-hybridized carbons (Fsp3) is 0.250. The number of carboxylic acids is 1. The van der Waals surface area contributed by atoms with Gasteiger partial charge in [0, 0.05) is 0 Å². The smallest absolute Gasteiger partial charge is 0.335 e. The monoisotopic (exact) mass is 293 g/mol. The molecule has 0 heterocycles. The average molecular weight is 293 g/mol. The first-order valence-electron chi connectivity index (χ1n) is 5.44. The summed E-state index contributed by atoms with van der Waals surface area (Å²) in [7, 11) is -3.85. The molecule has 104 valence electrons. The third-order valence-corrected chi connectivity index (χ3v) is 4.15. The number of hydrogen-bond acceptors (Lipinski definition) is 5. The van der Waals surface area contributed by atoms with E-state index >= 15 is 0 Å². The Bertz CT molecular complexity index is 669. The Morgan fingerprint density at radius 1 is 1.25 bits per heavy atom. The Hall–Kier alpha value is -2.42. The van der Waals surface area contributed by atoms with Gasteiger partial charge >= 0.3 is 5.97 Å². The molecule has 0 fully saturated rings. The van der Waals surface area contributed by atoms with Crippen LogP contribution in [0.25, 0.3) is 0 Å². The number of sulfonamides is 1. The summed E-state index contributed by atoms with van der Waals surface area (Å²) in [5, 5.41) is 26.0. The van der Waals surface area contributed by atoms with Crippen molar-refractivity contribution in [2.45, 2.75) is 5.75 Å². The lowest BCUT2D eigenvalue weighted by molar-refractivity contribution is 0.0696. The minimum Gasteiger partial charge on any atom is -0.478 e. The number of carboxylic acid groups (broad SMARTS) is 1. The highest BCUT2D eigenvalue weighted by molar-refractivity contribution is 7.88. The molecule has 1 aromatic rings. The summed E-state index contributed by atoms with van der Waals surface area (Å²) >= 11 is 0. The summed E-state index contributed by atoms with van der Waals surface area (Å²) in [6, 6.07) is 8.86. The van der Waals surface area contributed by atoms with Crippen molar-refractivity contribution in [1.29, 1.82) is 10.5 Å². The predicted molar refractivity (Wildman–Crippen MR) is 68.8 cm³/mol. The summed E-state index contributed by atoms with van der Waals surface area (Å²) in [5.41, 5.74) is 0.260. The van der Waals surface area contributed by atoms with Gasteiger partial charge < -0.3 is 5.11 Å². The molecule has 1 rings (SSSR count). The summed E-state index contributed by atoms with van der Waals surface area (Å²) in [6.07, 6.45) is 0. The van der Waals surface area contributed by atoms with Crippen molar-refractivity contribution in [3.8, 4) is 12.1 Å². The molecule has 0 saturated carbocycles. The number of rotatable bonds is 6. The second-order valence-electron chi connectivity index (χ2n) is 3.85. The van der Waals surface area contributed by atoms with Gasteiger partial charge in [-0.1, -0.05) is 12.1 Å². The highest BCUT2D eigenvalue weighted by atomic mass is 32.2. The van der Waals surface area contributed by atoms with E-state index in [4.69, 9.17) is 15.6 Å². The molecule has 0 radical (unpaired) electrons. The van der Waals surface area contributed by atoms with Crippen molar-refractivity contribution < 1.29 is 18.3 Å². The van der Waals surface area contributed by atoms with Gasteiger partial charge in [-0.15, -0.1) is 0 Å². The third kappa shape index (κ3) is 4.05. The third-order valence-electron chi connectivity index (χ3n) is 2.41. The molecule has 0 saturated heterocycles. The van der Waals surface area contributed by atoms with Crippen LogP contribution < -0.4 is 0 Å². The summed E-state index contributed by atoms with van der Waals surface area (Å²) in [6.45, 7) is -0.844. The van der Waals surface area contributed by atoms with E-state index in [0.717, 1.165) is 4.31 Å². The van der Waals surface area contributed by atoms with Gasteiger partial charge in [-0.25, -0.2) is 13.2 Å². The van der Waals surface area contributed by atoms with E-state index in [9.17, 15) is 13.2 Å². The molecule has 20 heavy (non-hydrogen) atoms. The van der Waals surface area contributed by atoms with Crippen LogP contribution in [0.4, 0.5) is 0 Å². The molecule has 7 nitrogen and oxygen atoms in total. The Morgan fingerprint density at radius 3 is 2.35 bits per heavy atom. The largest absolute Gasteiger partial charge is 0.478 e. The van der Waals surface area contributed by atoms with E-state index in [2.05, 4.69) is 0 Å². The van der Waals surface area contributed by atoms with Gasteiger partial charge in [0.2, 0.25) is 10.0 Å². The highest BCUT2D eigenvalue weighted by Gasteiger charge is 2.22. The zero-order valence-corrected chi connectivity index (χ0v) is 11.2. The molecule has 0 aliphatic heterocycles. The number of carbonyl (C=O) groups is 1. The lowest BCUT2D eigenvalue weighted by atomic mass is 10.1. The number of benzene rings is 1.